The lowest BCUT2D eigenvalue weighted by atomic mass is 10.1. The van der Waals surface area contributed by atoms with Gasteiger partial charge in [0.25, 0.3) is 0 Å². The maximum absolute atomic E-state index is 9.24. The molecular formula is C13H14O3. The number of aliphatic hydroxyl groups is 1. The highest BCUT2D eigenvalue weighted by atomic mass is 16.5. The van der Waals surface area contributed by atoms with E-state index >= 15 is 0 Å². The highest BCUT2D eigenvalue weighted by molar-refractivity contribution is 5.21. The first-order valence-corrected chi connectivity index (χ1v) is 5.22. The molecule has 1 aromatic heterocycles. The third kappa shape index (κ3) is 2.64. The van der Waals surface area contributed by atoms with Crippen LogP contribution in [-0.2, 0) is 0 Å². The van der Waals surface area contributed by atoms with Crippen molar-refractivity contribution in [2.24, 2.45) is 0 Å². The van der Waals surface area contributed by atoms with Crippen molar-refractivity contribution in [1.82, 2.24) is 0 Å². The zero-order valence-electron chi connectivity index (χ0n) is 8.87. The van der Waals surface area contributed by atoms with Crippen LogP contribution in [0.15, 0.2) is 53.1 Å². The molecule has 0 aliphatic carbocycles. The number of ether oxygens (including phenoxy) is 1. The second-order valence-electron chi connectivity index (χ2n) is 3.52. The van der Waals surface area contributed by atoms with Crippen LogP contribution in [0.25, 0.3) is 0 Å². The van der Waals surface area contributed by atoms with E-state index in [1.54, 1.807) is 12.3 Å². The van der Waals surface area contributed by atoms with Gasteiger partial charge >= 0.3 is 0 Å². The molecule has 0 radical (unpaired) electrons. The molecule has 3 heteroatoms. The van der Waals surface area contributed by atoms with Gasteiger partial charge in [0.1, 0.15) is 18.1 Å². The average Bonchev–Trinajstić information content (AvgIpc) is 2.85. The van der Waals surface area contributed by atoms with Gasteiger partial charge in [-0.25, -0.2) is 0 Å². The second kappa shape index (κ2) is 5.37. The highest BCUT2D eigenvalue weighted by Gasteiger charge is 2.13. The van der Waals surface area contributed by atoms with Crippen LogP contribution in [0.4, 0.5) is 0 Å². The van der Waals surface area contributed by atoms with Crippen LogP contribution in [0.2, 0.25) is 0 Å². The van der Waals surface area contributed by atoms with E-state index in [-0.39, 0.29) is 12.5 Å². The minimum atomic E-state index is -0.116. The van der Waals surface area contributed by atoms with Gasteiger partial charge in [0.05, 0.1) is 18.8 Å². The summed E-state index contributed by atoms with van der Waals surface area (Å²) in [5.74, 6) is 1.43. The van der Waals surface area contributed by atoms with Gasteiger partial charge in [-0.15, -0.1) is 0 Å². The zero-order valence-corrected chi connectivity index (χ0v) is 8.87. The van der Waals surface area contributed by atoms with Crippen LogP contribution >= 0.6 is 0 Å². The Kier molecular flexibility index (Phi) is 3.62. The van der Waals surface area contributed by atoms with Gasteiger partial charge in [-0.1, -0.05) is 18.2 Å². The van der Waals surface area contributed by atoms with Crippen molar-refractivity contribution in [2.45, 2.75) is 5.92 Å². The third-order valence-corrected chi connectivity index (χ3v) is 2.36. The molecule has 3 nitrogen and oxygen atoms in total. The molecule has 0 aliphatic rings. The molecule has 0 saturated carbocycles. The normalized spacial score (nSPS) is 12.3. The molecule has 1 atom stereocenters. The van der Waals surface area contributed by atoms with Gasteiger partial charge in [0.2, 0.25) is 0 Å². The van der Waals surface area contributed by atoms with Crippen molar-refractivity contribution in [3.8, 4) is 5.75 Å². The molecule has 0 amide bonds. The van der Waals surface area contributed by atoms with E-state index in [4.69, 9.17) is 9.15 Å². The Morgan fingerprint density at radius 2 is 1.94 bits per heavy atom. The number of para-hydroxylation sites is 1. The minimum absolute atomic E-state index is 0.0142. The van der Waals surface area contributed by atoms with Crippen molar-refractivity contribution in [1.29, 1.82) is 0 Å². The lowest BCUT2D eigenvalue weighted by Crippen LogP contribution is -2.13. The molecule has 1 N–H and O–H groups in total. The Labute approximate surface area is 94.3 Å². The molecule has 0 spiro atoms. The minimum Gasteiger partial charge on any atom is -0.493 e. The molecule has 0 saturated heterocycles. The van der Waals surface area contributed by atoms with Crippen molar-refractivity contribution in [2.75, 3.05) is 13.2 Å². The second-order valence-corrected chi connectivity index (χ2v) is 3.52. The van der Waals surface area contributed by atoms with E-state index in [2.05, 4.69) is 0 Å². The van der Waals surface area contributed by atoms with Crippen molar-refractivity contribution < 1.29 is 14.3 Å². The zero-order chi connectivity index (χ0) is 11.2. The van der Waals surface area contributed by atoms with Crippen molar-refractivity contribution >= 4 is 0 Å². The third-order valence-electron chi connectivity index (χ3n) is 2.36. The van der Waals surface area contributed by atoms with Crippen molar-refractivity contribution in [3.63, 3.8) is 0 Å². The van der Waals surface area contributed by atoms with Gasteiger partial charge in [-0.2, -0.15) is 0 Å². The fraction of sp³-hybridized carbons (Fsp3) is 0.231. The Morgan fingerprint density at radius 3 is 2.56 bits per heavy atom. The number of aliphatic hydroxyl groups excluding tert-OH is 1. The van der Waals surface area contributed by atoms with Crippen molar-refractivity contribution in [3.05, 3.63) is 54.5 Å². The largest absolute Gasteiger partial charge is 0.493 e. The summed E-state index contributed by atoms with van der Waals surface area (Å²) < 4.78 is 10.8. The monoisotopic (exact) mass is 218 g/mol. The van der Waals surface area contributed by atoms with E-state index in [1.807, 2.05) is 36.4 Å². The summed E-state index contributed by atoms with van der Waals surface area (Å²) >= 11 is 0. The first-order chi connectivity index (χ1) is 7.90. The van der Waals surface area contributed by atoms with Gasteiger partial charge in [0.15, 0.2) is 0 Å². The molecule has 2 rings (SSSR count). The molecule has 2 aromatic rings. The Morgan fingerprint density at radius 1 is 1.12 bits per heavy atom. The summed E-state index contributed by atoms with van der Waals surface area (Å²) in [4.78, 5) is 0. The summed E-state index contributed by atoms with van der Waals surface area (Å²) in [6.07, 6.45) is 1.60. The number of benzene rings is 1. The van der Waals surface area contributed by atoms with E-state index in [9.17, 15) is 5.11 Å². The Hall–Kier alpha value is -1.74. The quantitative estimate of drug-likeness (QED) is 0.838. The first-order valence-electron chi connectivity index (χ1n) is 5.22. The van der Waals surface area contributed by atoms with Gasteiger partial charge in [-0.05, 0) is 24.3 Å². The fourth-order valence-corrected chi connectivity index (χ4v) is 1.46. The maximum Gasteiger partial charge on any atom is 0.119 e. The Bertz CT molecular complexity index is 394. The molecule has 16 heavy (non-hydrogen) atoms. The molecule has 1 aromatic carbocycles. The first kappa shape index (κ1) is 10.8. The lowest BCUT2D eigenvalue weighted by molar-refractivity contribution is 0.190. The lowest BCUT2D eigenvalue weighted by Gasteiger charge is -2.12. The number of hydrogen-bond acceptors (Lipinski definition) is 3. The van der Waals surface area contributed by atoms with E-state index in [0.29, 0.717) is 6.61 Å². The molecular weight excluding hydrogens is 204 g/mol. The molecule has 1 unspecified atom stereocenters. The topological polar surface area (TPSA) is 42.6 Å². The molecule has 0 bridgehead atoms. The van der Waals surface area contributed by atoms with Gasteiger partial charge in [0, 0.05) is 0 Å². The highest BCUT2D eigenvalue weighted by Crippen LogP contribution is 2.18. The van der Waals surface area contributed by atoms with Crippen LogP contribution in [0, 0.1) is 0 Å². The van der Waals surface area contributed by atoms with Crippen LogP contribution < -0.4 is 4.74 Å². The predicted molar refractivity (Wildman–Crippen MR) is 60.5 cm³/mol. The maximum atomic E-state index is 9.24. The molecule has 84 valence electrons. The van der Waals surface area contributed by atoms with Crippen LogP contribution in [0.3, 0.4) is 0 Å². The van der Waals surface area contributed by atoms with E-state index in [1.165, 1.54) is 0 Å². The average molecular weight is 218 g/mol. The molecule has 0 aliphatic heterocycles. The SMILES string of the molecule is OCC(COc1ccccc1)c1ccco1. The summed E-state index contributed by atoms with van der Waals surface area (Å²) in [6.45, 7) is 0.425. The van der Waals surface area contributed by atoms with Crippen LogP contribution in [0.1, 0.15) is 11.7 Å². The molecule has 1 heterocycles. The number of hydrogen-bond donors (Lipinski definition) is 1. The van der Waals surface area contributed by atoms with Crippen LogP contribution in [-0.4, -0.2) is 18.3 Å². The summed E-state index contributed by atoms with van der Waals surface area (Å²) in [5.41, 5.74) is 0. The van der Waals surface area contributed by atoms with E-state index < -0.39 is 0 Å². The molecule has 0 fully saturated rings. The summed E-state index contributed by atoms with van der Waals surface area (Å²) in [7, 11) is 0. The van der Waals surface area contributed by atoms with Gasteiger partial charge < -0.3 is 14.3 Å². The standard InChI is InChI=1S/C13H14O3/c14-9-11(13-7-4-8-15-13)10-16-12-5-2-1-3-6-12/h1-8,11,14H,9-10H2. The summed E-state index contributed by atoms with van der Waals surface area (Å²) in [5, 5.41) is 9.24. The predicted octanol–water partition coefficient (Wildman–Crippen LogP) is 2.43. The van der Waals surface area contributed by atoms with Gasteiger partial charge in [-0.3, -0.25) is 0 Å². The fourth-order valence-electron chi connectivity index (χ4n) is 1.46. The number of furan rings is 1. The number of rotatable bonds is 5. The van der Waals surface area contributed by atoms with Crippen LogP contribution in [0.5, 0.6) is 5.75 Å². The van der Waals surface area contributed by atoms with E-state index in [0.717, 1.165) is 11.5 Å². The smallest absolute Gasteiger partial charge is 0.119 e. The summed E-state index contributed by atoms with van der Waals surface area (Å²) in [6, 6.07) is 13.2. The Balaban J connectivity index is 1.94.